The Labute approximate surface area is 169 Å². The Kier molecular flexibility index (Phi) is 10.1. The predicted molar refractivity (Wildman–Crippen MR) is 111 cm³/mol. The van der Waals surface area contributed by atoms with Crippen LogP contribution in [0.4, 0.5) is 0 Å². The van der Waals surface area contributed by atoms with E-state index >= 15 is 0 Å². The standard InChI is InChI=1S/C16H28BO6.3CH3.Sn/c1-9-20-17(21-10-2)12(14(19)23-16(6,7)8)11-13(18)22-15(3,4)5;;;;/h9-10H2,1-8H3;3*1H3;. The van der Waals surface area contributed by atoms with Gasteiger partial charge in [0.15, 0.2) is 0 Å². The Morgan fingerprint density at radius 2 is 1.15 bits per heavy atom. The molecule has 0 radical (unpaired) electrons. The average Bonchev–Trinajstić information content (AvgIpc) is 2.38. The van der Waals surface area contributed by atoms with E-state index in [1.807, 2.05) is 28.7 Å². The van der Waals surface area contributed by atoms with Crippen molar-refractivity contribution in [1.29, 1.82) is 0 Å². The molecule has 0 aliphatic carbocycles. The van der Waals surface area contributed by atoms with Crippen LogP contribution in [0.1, 0.15) is 55.4 Å². The van der Waals surface area contributed by atoms with Crippen molar-refractivity contribution in [2.24, 2.45) is 0 Å². The molecule has 0 heterocycles. The molecule has 0 atom stereocenters. The summed E-state index contributed by atoms with van der Waals surface area (Å²) in [6.45, 7) is 15.0. The van der Waals surface area contributed by atoms with Crippen molar-refractivity contribution in [2.75, 3.05) is 13.2 Å². The number of carbonyl (C=O) groups excluding carboxylic acids is 2. The summed E-state index contributed by atoms with van der Waals surface area (Å²) < 4.78 is 23.0. The van der Waals surface area contributed by atoms with Crippen LogP contribution in [0.2, 0.25) is 14.8 Å². The number of hydrogen-bond donors (Lipinski definition) is 0. The summed E-state index contributed by atoms with van der Waals surface area (Å²) in [7, 11) is -0.965. The number of hydrogen-bond acceptors (Lipinski definition) is 6. The molecule has 0 saturated heterocycles. The first-order chi connectivity index (χ1) is 12.0. The molecule has 6 nitrogen and oxygen atoms in total. The monoisotopic (exact) mass is 492 g/mol. The first-order valence-electron chi connectivity index (χ1n) is 9.48. The van der Waals surface area contributed by atoms with Crippen LogP contribution in [-0.4, -0.2) is 61.8 Å². The van der Waals surface area contributed by atoms with Gasteiger partial charge in [-0.15, -0.1) is 0 Å². The summed E-state index contributed by atoms with van der Waals surface area (Å²) in [6, 6.07) is 0. The van der Waals surface area contributed by atoms with E-state index in [9.17, 15) is 9.59 Å². The molecule has 0 saturated carbocycles. The first kappa shape index (κ1) is 26.5. The predicted octanol–water partition coefficient (Wildman–Crippen LogP) is 3.94. The van der Waals surface area contributed by atoms with E-state index in [0.29, 0.717) is 16.8 Å². The second-order valence-electron chi connectivity index (χ2n) is 9.29. The van der Waals surface area contributed by atoms with Gasteiger partial charge in [-0.3, -0.25) is 0 Å². The van der Waals surface area contributed by atoms with Crippen LogP contribution in [0.3, 0.4) is 0 Å². The quantitative estimate of drug-likeness (QED) is 0.291. The first-order valence-corrected chi connectivity index (χ1v) is 19.5. The molecule has 0 aromatic rings. The van der Waals surface area contributed by atoms with Crippen molar-refractivity contribution in [3.8, 4) is 0 Å². The normalized spacial score (nSPS) is 13.7. The van der Waals surface area contributed by atoms with Crippen molar-refractivity contribution in [3.63, 3.8) is 0 Å². The van der Waals surface area contributed by atoms with E-state index in [0.717, 1.165) is 0 Å². The van der Waals surface area contributed by atoms with Crippen LogP contribution in [0, 0.1) is 0 Å². The Hall–Kier alpha value is -0.536. The second kappa shape index (κ2) is 10.3. The van der Waals surface area contributed by atoms with Crippen LogP contribution >= 0.6 is 0 Å². The van der Waals surface area contributed by atoms with Gasteiger partial charge in [0.1, 0.15) is 0 Å². The molecule has 0 spiro atoms. The van der Waals surface area contributed by atoms with Crippen molar-refractivity contribution >= 4 is 37.4 Å². The van der Waals surface area contributed by atoms with E-state index < -0.39 is 48.6 Å². The fraction of sp³-hybridized carbons (Fsp3) is 0.789. The van der Waals surface area contributed by atoms with E-state index in [4.69, 9.17) is 18.8 Å². The number of ether oxygens (including phenoxy) is 2. The van der Waals surface area contributed by atoms with Gasteiger partial charge in [-0.2, -0.15) is 0 Å². The minimum atomic E-state index is -3.16. The fourth-order valence-electron chi connectivity index (χ4n) is 2.32. The Morgan fingerprint density at radius 3 is 1.44 bits per heavy atom. The molecule has 156 valence electrons. The van der Waals surface area contributed by atoms with Gasteiger partial charge >= 0.3 is 169 Å². The molecule has 27 heavy (non-hydrogen) atoms. The molecule has 0 N–H and O–H groups in total. The summed E-state index contributed by atoms with van der Waals surface area (Å²) in [5.74, 6) is -1.09. The van der Waals surface area contributed by atoms with E-state index in [1.165, 1.54) is 0 Å². The van der Waals surface area contributed by atoms with E-state index in [1.54, 1.807) is 41.5 Å². The van der Waals surface area contributed by atoms with Crippen molar-refractivity contribution < 1.29 is 28.4 Å². The van der Waals surface area contributed by atoms with Crippen LogP contribution < -0.4 is 0 Å². The molecule has 0 aliphatic heterocycles. The summed E-state index contributed by atoms with van der Waals surface area (Å²) >= 11 is -3.16. The van der Waals surface area contributed by atoms with Gasteiger partial charge in [0.25, 0.3) is 0 Å². The van der Waals surface area contributed by atoms with Crippen LogP contribution in [0.15, 0.2) is 9.06 Å². The molecule has 0 fully saturated rings. The van der Waals surface area contributed by atoms with Gasteiger partial charge in [-0.05, 0) is 0 Å². The zero-order chi connectivity index (χ0) is 21.6. The zero-order valence-corrected chi connectivity index (χ0v) is 21.8. The summed E-state index contributed by atoms with van der Waals surface area (Å²) in [6.07, 6.45) is 0. The van der Waals surface area contributed by atoms with E-state index in [-0.39, 0.29) is 5.47 Å². The minimum absolute atomic E-state index is 0.145. The number of esters is 2. The SMILES string of the molecule is CCOB(OCC)/C(C(=O)OC(C)(C)C)=[C](/C(=O)OC(C)(C)C)[Sn]([CH3])([CH3])[CH3]. The van der Waals surface area contributed by atoms with Crippen LogP contribution in [0.5, 0.6) is 0 Å². The van der Waals surface area contributed by atoms with Crippen LogP contribution in [0.25, 0.3) is 0 Å². The molecule has 0 aliphatic rings. The van der Waals surface area contributed by atoms with Gasteiger partial charge in [0.2, 0.25) is 0 Å². The van der Waals surface area contributed by atoms with Gasteiger partial charge in [0, 0.05) is 0 Å². The van der Waals surface area contributed by atoms with Crippen molar-refractivity contribution in [1.82, 2.24) is 0 Å². The number of rotatable bonds is 8. The molecular weight excluding hydrogens is 454 g/mol. The summed E-state index contributed by atoms with van der Waals surface area (Å²) in [5.41, 5.74) is -1.24. The van der Waals surface area contributed by atoms with E-state index in [2.05, 4.69) is 0 Å². The Balaban J connectivity index is 6.59. The molecule has 8 heteroatoms. The molecule has 0 aromatic carbocycles. The summed E-state index contributed by atoms with van der Waals surface area (Å²) in [4.78, 5) is 32.3. The van der Waals surface area contributed by atoms with Gasteiger partial charge < -0.3 is 0 Å². The molecule has 0 unspecified atom stereocenters. The maximum atomic E-state index is 13.1. The van der Waals surface area contributed by atoms with Crippen LogP contribution in [-0.2, 0) is 28.4 Å². The van der Waals surface area contributed by atoms with Crippen molar-refractivity contribution in [3.05, 3.63) is 9.06 Å². The van der Waals surface area contributed by atoms with Crippen molar-refractivity contribution in [2.45, 2.75) is 81.4 Å². The molecule has 0 bridgehead atoms. The summed E-state index contributed by atoms with van der Waals surface area (Å²) in [5, 5.41) is 0. The topological polar surface area (TPSA) is 71.1 Å². The third kappa shape index (κ3) is 9.99. The van der Waals surface area contributed by atoms with Gasteiger partial charge in [0.05, 0.1) is 0 Å². The maximum absolute atomic E-state index is 13.1. The fourth-order valence-corrected chi connectivity index (χ4v) is 7.14. The third-order valence-electron chi connectivity index (χ3n) is 3.11. The van der Waals surface area contributed by atoms with Gasteiger partial charge in [-0.25, -0.2) is 0 Å². The Bertz CT molecular complexity index is 546. The zero-order valence-electron chi connectivity index (χ0n) is 18.9. The Morgan fingerprint density at radius 1 is 0.778 bits per heavy atom. The van der Waals surface area contributed by atoms with Gasteiger partial charge in [-0.1, -0.05) is 0 Å². The molecule has 0 aromatic heterocycles. The third-order valence-corrected chi connectivity index (χ3v) is 8.75. The number of carbonyl (C=O) groups is 2. The molecule has 0 amide bonds. The molecule has 0 rings (SSSR count). The average molecular weight is 491 g/mol. The molecular formula is C19H37BO6Sn. The second-order valence-corrected chi connectivity index (χ2v) is 23.6.